The zero-order valence-electron chi connectivity index (χ0n) is 39.3. The van der Waals surface area contributed by atoms with E-state index in [-0.39, 0.29) is 19.8 Å². The Morgan fingerprint density at radius 3 is 0.829 bits per heavy atom. The van der Waals surface area contributed by atoms with Gasteiger partial charge in [-0.2, -0.15) is 0 Å². The van der Waals surface area contributed by atoms with Gasteiger partial charge in [-0.05, 0) is 120 Å². The van der Waals surface area contributed by atoms with Gasteiger partial charge in [-0.3, -0.25) is 39.9 Å². The third kappa shape index (κ3) is 18.6. The van der Waals surface area contributed by atoms with E-state index in [9.17, 15) is 0 Å². The average molecular weight is 1230 g/mol. The molecule has 10 heterocycles. The van der Waals surface area contributed by atoms with Crippen LogP contribution >= 0.6 is 0 Å². The summed E-state index contributed by atoms with van der Waals surface area (Å²) in [5.41, 5.74) is 13.1. The summed E-state index contributed by atoms with van der Waals surface area (Å²) in [7, 11) is -9.89. The number of aromatic nitrogens is 11. The molecule has 0 spiro atoms. The fraction of sp³-hybridized carbons (Fsp3) is 0. The Morgan fingerprint density at radius 1 is 0.276 bits per heavy atom. The number of rotatable bonds is 8. The second-order valence-electron chi connectivity index (χ2n) is 15.0. The molecule has 0 radical (unpaired) electrons. The van der Waals surface area contributed by atoms with Crippen molar-refractivity contribution >= 4 is 0 Å². The van der Waals surface area contributed by atoms with Crippen LogP contribution in [0.15, 0.2) is 232 Å². The van der Waals surface area contributed by atoms with Crippen LogP contribution in [0, 0.1) is 20.5 Å². The number of nitrogens with one attached hydrogen (secondary N) is 1. The quantitative estimate of drug-likeness (QED) is 0.228. The summed E-state index contributed by atoms with van der Waals surface area (Å²) in [6.45, 7) is 0. The molecule has 0 unspecified atom stereocenters. The molecule has 0 saturated carbocycles. The van der Waals surface area contributed by atoms with Crippen molar-refractivity contribution in [1.29, 1.82) is 0 Å². The Hall–Kier alpha value is -8.32. The first-order valence-corrected chi connectivity index (χ1v) is 24.5. The molecular formula is C54H39Cl2N11O8Os. The molecule has 0 aliphatic carbocycles. The summed E-state index contributed by atoms with van der Waals surface area (Å²) in [4.78, 5) is 48.2. The van der Waals surface area contributed by atoms with Gasteiger partial charge in [0.1, 0.15) is 11.5 Å². The predicted molar refractivity (Wildman–Crippen MR) is 255 cm³/mol. The maximum atomic E-state index is 8.49. The summed E-state index contributed by atoms with van der Waals surface area (Å²) in [6.07, 6.45) is 14.2. The molecule has 0 amide bonds. The van der Waals surface area contributed by atoms with Crippen LogP contribution in [0.2, 0.25) is 0 Å². The van der Waals surface area contributed by atoms with Crippen LogP contribution in [0.3, 0.4) is 0 Å². The van der Waals surface area contributed by atoms with Gasteiger partial charge in [-0.25, -0.2) is 47.2 Å². The molecular weight excluding hydrogens is 1190 g/mol. The van der Waals surface area contributed by atoms with Gasteiger partial charge < -0.3 is 4.98 Å². The van der Waals surface area contributed by atoms with Gasteiger partial charge in [-0.15, -0.1) is 20.5 Å². The fourth-order valence-corrected chi connectivity index (χ4v) is 6.76. The predicted octanol–water partition coefficient (Wildman–Crippen LogP) is 2.16. The smallest absolute Gasteiger partial charge is 0.336 e. The van der Waals surface area contributed by atoms with E-state index in [4.69, 9.17) is 47.2 Å². The monoisotopic (exact) mass is 1230 g/mol. The third-order valence-electron chi connectivity index (χ3n) is 9.89. The van der Waals surface area contributed by atoms with Crippen LogP contribution in [-0.2, 0) is 19.8 Å². The summed E-state index contributed by atoms with van der Waals surface area (Å²) >= 11 is 0. The van der Waals surface area contributed by atoms with Crippen molar-refractivity contribution in [2.24, 2.45) is 0 Å². The summed E-state index contributed by atoms with van der Waals surface area (Å²) < 4.78 is 67.9. The van der Waals surface area contributed by atoms with Crippen LogP contribution < -0.4 is 37.3 Å². The van der Waals surface area contributed by atoms with Gasteiger partial charge in [-0.1, -0.05) is 72.8 Å². The Kier molecular flexibility index (Phi) is 21.3. The molecule has 76 heavy (non-hydrogen) atoms. The van der Waals surface area contributed by atoms with Crippen LogP contribution in [0.4, 0.5) is 0 Å². The van der Waals surface area contributed by atoms with Crippen molar-refractivity contribution in [3.63, 3.8) is 0 Å². The van der Waals surface area contributed by atoms with Crippen molar-refractivity contribution in [1.82, 2.24) is 54.8 Å². The topological polar surface area (TPSA) is 329 Å². The van der Waals surface area contributed by atoms with Crippen molar-refractivity contribution in [2.45, 2.75) is 0 Å². The fourth-order valence-electron chi connectivity index (χ4n) is 6.76. The van der Waals surface area contributed by atoms with Gasteiger partial charge >= 0.3 is 19.8 Å². The zero-order valence-corrected chi connectivity index (χ0v) is 43.3. The van der Waals surface area contributed by atoms with E-state index in [1.54, 1.807) is 49.6 Å². The van der Waals surface area contributed by atoms with E-state index < -0.39 is 20.5 Å². The maximum absolute atomic E-state index is 8.49. The van der Waals surface area contributed by atoms with Crippen molar-refractivity contribution in [3.8, 4) is 90.8 Å². The van der Waals surface area contributed by atoms with E-state index in [0.717, 1.165) is 90.8 Å². The normalized spacial score (nSPS) is 10.5. The molecule has 1 aromatic carbocycles. The number of hydrogen-bond acceptors (Lipinski definition) is 18. The zero-order chi connectivity index (χ0) is 52.9. The molecule has 380 valence electrons. The van der Waals surface area contributed by atoms with Crippen LogP contribution in [0.25, 0.3) is 90.8 Å². The number of nitrogens with zero attached hydrogens (tertiary/aromatic N) is 10. The Bertz CT molecular complexity index is 3120. The molecule has 0 aliphatic rings. The second-order valence-corrected chi connectivity index (χ2v) is 16.5. The van der Waals surface area contributed by atoms with E-state index >= 15 is 0 Å². The number of aromatic amines is 1. The minimum Gasteiger partial charge on any atom is -0.336 e. The van der Waals surface area contributed by atoms with Gasteiger partial charge in [0.25, 0.3) is 0 Å². The standard InChI is InChI=1S/C34H23N7.2C10H8N2.2ClHO4.Os/c1-5-17-35-26(9-1)30-21-25(22-31(39-30)27-10-2-6-18-36-27)23-13-15-24(16-14-23)34-40-32(28-11-3-7-19-37-28)33(41-34)29-12-4-8-20-38-29;2*1-3-7-11-9(5-1)10-6-2-4-8-12-10;2*2-1(3,4)5;/h1-22H,(H,40,41);2*1-8H;2*(H,2,3,4,5);/q;;;;;+2/p-2. The second kappa shape index (κ2) is 28.4. The molecule has 0 bridgehead atoms. The number of halogens is 2. The van der Waals surface area contributed by atoms with Crippen LogP contribution in [0.5, 0.6) is 0 Å². The molecule has 0 atom stereocenters. The summed E-state index contributed by atoms with van der Waals surface area (Å²) in [5.74, 6) is 0.746. The molecule has 11 aromatic rings. The Morgan fingerprint density at radius 2 is 0.539 bits per heavy atom. The number of imidazole rings is 1. The molecule has 22 heteroatoms. The van der Waals surface area contributed by atoms with Gasteiger partial charge in [0, 0.05) is 55.1 Å². The minimum atomic E-state index is -4.94. The largest absolute Gasteiger partial charge is 2.00 e. The van der Waals surface area contributed by atoms with E-state index in [0.29, 0.717) is 0 Å². The SMILES string of the molecule is [O-][Cl+3]([O-])([O-])[O-].[O-][Cl+3]([O-])([O-])[O-].[Os+2].c1ccc(-c2cc(-c3ccc(-c4nc(-c5ccccn5)c(-c5ccccn5)[nH]4)cc3)cc(-c3ccccn3)n2)nc1.c1ccc(-c2ccccn2)nc1.c1ccc(-c2ccccn2)nc1. The third-order valence-corrected chi connectivity index (χ3v) is 9.89. The first-order valence-electron chi connectivity index (χ1n) is 22.0. The molecule has 10 aromatic heterocycles. The molecule has 0 saturated heterocycles. The maximum Gasteiger partial charge on any atom is 2.00 e. The summed E-state index contributed by atoms with van der Waals surface area (Å²) in [5, 5.41) is 0. The van der Waals surface area contributed by atoms with Crippen molar-refractivity contribution in [3.05, 3.63) is 232 Å². The van der Waals surface area contributed by atoms with Gasteiger partial charge in [0.2, 0.25) is 0 Å². The number of pyridine rings is 9. The number of hydrogen-bond donors (Lipinski definition) is 1. The molecule has 19 nitrogen and oxygen atoms in total. The van der Waals surface area contributed by atoms with Crippen molar-refractivity contribution in [2.75, 3.05) is 0 Å². The average Bonchev–Trinajstić information content (AvgIpc) is 3.91. The first-order chi connectivity index (χ1) is 36.2. The van der Waals surface area contributed by atoms with Crippen molar-refractivity contribution < 1.29 is 77.5 Å². The molecule has 0 fully saturated rings. The van der Waals surface area contributed by atoms with E-state index in [1.165, 1.54) is 0 Å². The molecule has 0 aliphatic heterocycles. The molecule has 1 N–H and O–H groups in total. The van der Waals surface area contributed by atoms with E-state index in [2.05, 4.69) is 81.3 Å². The summed E-state index contributed by atoms with van der Waals surface area (Å²) in [6, 6.07) is 59.0. The number of H-pyrrole nitrogens is 1. The van der Waals surface area contributed by atoms with E-state index in [1.807, 2.05) is 146 Å². The van der Waals surface area contributed by atoms with Crippen LogP contribution in [0.1, 0.15) is 0 Å². The van der Waals surface area contributed by atoms with Gasteiger partial charge in [0.15, 0.2) is 0 Å². The molecule has 11 rings (SSSR count). The minimum absolute atomic E-state index is 0. The first kappa shape index (κ1) is 57.0. The Balaban J connectivity index is 0.000000215. The Labute approximate surface area is 452 Å². The number of benzene rings is 1. The van der Waals surface area contributed by atoms with Crippen LogP contribution in [-0.4, -0.2) is 54.8 Å². The van der Waals surface area contributed by atoms with Gasteiger partial charge in [0.05, 0.1) is 62.6 Å².